The van der Waals surface area contributed by atoms with Gasteiger partial charge in [-0.2, -0.15) is 0 Å². The summed E-state index contributed by atoms with van der Waals surface area (Å²) in [5.41, 5.74) is 6.10. The molecule has 0 heterocycles. The molecule has 0 unspecified atom stereocenters. The maximum Gasteiger partial charge on any atom is 0.344 e. The number of carbonyl (C=O) groups excluding carboxylic acids is 1. The van der Waals surface area contributed by atoms with Crippen LogP contribution in [0.2, 0.25) is 0 Å². The van der Waals surface area contributed by atoms with Gasteiger partial charge in [-0.1, -0.05) is 6.07 Å². The monoisotopic (exact) mass is 315 g/mol. The van der Waals surface area contributed by atoms with Crippen molar-refractivity contribution in [3.63, 3.8) is 0 Å². The number of hydrogen-bond acceptors (Lipinski definition) is 6. The molecule has 1 aromatic carbocycles. The van der Waals surface area contributed by atoms with Crippen LogP contribution in [0.5, 0.6) is 5.75 Å². The summed E-state index contributed by atoms with van der Waals surface area (Å²) in [6.45, 7) is 4.34. The van der Waals surface area contributed by atoms with Crippen LogP contribution in [-0.2, 0) is 19.4 Å². The number of esters is 1. The van der Waals surface area contributed by atoms with Gasteiger partial charge in [0.05, 0.1) is 10.5 Å². The lowest BCUT2D eigenvalue weighted by molar-refractivity contribution is -0.145. The second kappa shape index (κ2) is 6.80. The summed E-state index contributed by atoms with van der Waals surface area (Å²) in [6, 6.07) is 6.64. The van der Waals surface area contributed by atoms with E-state index in [0.29, 0.717) is 11.4 Å². The van der Waals surface area contributed by atoms with Crippen LogP contribution in [0.4, 0.5) is 5.69 Å². The summed E-state index contributed by atoms with van der Waals surface area (Å²) in [6.07, 6.45) is 0. The Labute approximate surface area is 125 Å². The molecular weight excluding hydrogens is 294 g/mol. The summed E-state index contributed by atoms with van der Waals surface area (Å²) in [5.74, 6) is -0.378. The minimum Gasteiger partial charge on any atom is -0.482 e. The van der Waals surface area contributed by atoms with Crippen LogP contribution in [0.3, 0.4) is 0 Å². The van der Waals surface area contributed by atoms with E-state index in [-0.39, 0.29) is 19.0 Å². The first-order valence-electron chi connectivity index (χ1n) is 6.48. The quantitative estimate of drug-likeness (QED) is 0.630. The number of hydrogen-bond donors (Lipinski definition) is 1. The molecule has 0 amide bonds. The third-order valence-electron chi connectivity index (χ3n) is 2.76. The van der Waals surface area contributed by atoms with Crippen LogP contribution >= 0.6 is 0 Å². The Bertz CT molecular complexity index is 590. The Morgan fingerprint density at radius 3 is 2.52 bits per heavy atom. The fraction of sp³-hybridized carbons (Fsp3) is 0.500. The fourth-order valence-corrected chi connectivity index (χ4v) is 2.27. The molecule has 6 nitrogen and oxygen atoms in total. The van der Waals surface area contributed by atoms with Crippen molar-refractivity contribution in [2.45, 2.75) is 25.5 Å². The summed E-state index contributed by atoms with van der Waals surface area (Å²) in [4.78, 5) is 11.5. The highest BCUT2D eigenvalue weighted by molar-refractivity contribution is 7.92. The number of ether oxygens (including phenoxy) is 2. The van der Waals surface area contributed by atoms with Gasteiger partial charge in [0.2, 0.25) is 0 Å². The fourth-order valence-electron chi connectivity index (χ4n) is 1.36. The number of benzene rings is 1. The molecule has 21 heavy (non-hydrogen) atoms. The highest BCUT2D eigenvalue weighted by Gasteiger charge is 2.28. The smallest absolute Gasteiger partial charge is 0.344 e. The molecule has 7 heteroatoms. The second-order valence-electron chi connectivity index (χ2n) is 5.51. The van der Waals surface area contributed by atoms with E-state index in [1.165, 1.54) is 0 Å². The van der Waals surface area contributed by atoms with Gasteiger partial charge in [0, 0.05) is 11.8 Å². The van der Waals surface area contributed by atoms with Crippen LogP contribution in [0, 0.1) is 0 Å². The number of nitrogens with two attached hydrogens (primary N) is 1. The number of carbonyl (C=O) groups is 1. The lowest BCUT2D eigenvalue weighted by Crippen LogP contribution is -2.32. The van der Waals surface area contributed by atoms with Crippen molar-refractivity contribution < 1.29 is 22.7 Å². The van der Waals surface area contributed by atoms with E-state index in [2.05, 4.69) is 0 Å². The normalized spacial score (nSPS) is 12.0. The largest absolute Gasteiger partial charge is 0.482 e. The van der Waals surface area contributed by atoms with Crippen LogP contribution < -0.4 is 10.5 Å². The number of nitrogen functional groups attached to an aromatic ring is 1. The Morgan fingerprint density at radius 2 is 1.95 bits per heavy atom. The maximum atomic E-state index is 11.8. The van der Waals surface area contributed by atoms with E-state index in [1.807, 2.05) is 0 Å². The van der Waals surface area contributed by atoms with E-state index in [4.69, 9.17) is 15.2 Å². The first-order chi connectivity index (χ1) is 9.62. The minimum absolute atomic E-state index is 0.182. The standard InChI is InChI=1S/C14H21NO5S/c1-14(2,3)21(17,18)8-7-19-13(16)10-20-12-6-4-5-11(15)9-12/h4-6,9H,7-8,10,15H2,1-3H3. The van der Waals surface area contributed by atoms with E-state index in [0.717, 1.165) is 0 Å². The van der Waals surface area contributed by atoms with E-state index in [1.54, 1.807) is 45.0 Å². The highest BCUT2D eigenvalue weighted by Crippen LogP contribution is 2.16. The zero-order valence-corrected chi connectivity index (χ0v) is 13.3. The third-order valence-corrected chi connectivity index (χ3v) is 5.33. The average Bonchev–Trinajstić information content (AvgIpc) is 2.35. The van der Waals surface area contributed by atoms with Crippen molar-refractivity contribution in [1.82, 2.24) is 0 Å². The molecule has 0 radical (unpaired) electrons. The van der Waals surface area contributed by atoms with Gasteiger partial charge in [0.25, 0.3) is 0 Å². The molecule has 0 spiro atoms. The summed E-state index contributed by atoms with van der Waals surface area (Å²) >= 11 is 0. The first-order valence-corrected chi connectivity index (χ1v) is 8.13. The molecule has 0 saturated carbocycles. The predicted molar refractivity (Wildman–Crippen MR) is 80.8 cm³/mol. The lowest BCUT2D eigenvalue weighted by atomic mass is 10.3. The molecule has 1 rings (SSSR count). The molecule has 0 aromatic heterocycles. The van der Waals surface area contributed by atoms with Gasteiger partial charge in [-0.05, 0) is 32.9 Å². The zero-order valence-electron chi connectivity index (χ0n) is 12.5. The Morgan fingerprint density at radius 1 is 1.29 bits per heavy atom. The van der Waals surface area contributed by atoms with E-state index in [9.17, 15) is 13.2 Å². The van der Waals surface area contributed by atoms with Gasteiger partial charge in [0.15, 0.2) is 16.4 Å². The van der Waals surface area contributed by atoms with Crippen molar-refractivity contribution in [3.8, 4) is 5.75 Å². The average molecular weight is 315 g/mol. The van der Waals surface area contributed by atoms with Crippen molar-refractivity contribution in [2.75, 3.05) is 24.7 Å². The van der Waals surface area contributed by atoms with Crippen molar-refractivity contribution in [1.29, 1.82) is 0 Å². The number of sulfone groups is 1. The molecule has 1 aromatic rings. The Balaban J connectivity index is 2.36. The van der Waals surface area contributed by atoms with Gasteiger partial charge >= 0.3 is 5.97 Å². The van der Waals surface area contributed by atoms with Crippen molar-refractivity contribution in [2.24, 2.45) is 0 Å². The Kier molecular flexibility index (Phi) is 5.60. The third kappa shape index (κ3) is 5.63. The van der Waals surface area contributed by atoms with Gasteiger partial charge in [-0.25, -0.2) is 13.2 Å². The molecule has 0 bridgehead atoms. The van der Waals surface area contributed by atoms with Crippen LogP contribution in [0.15, 0.2) is 24.3 Å². The number of rotatable bonds is 6. The molecule has 2 N–H and O–H groups in total. The van der Waals surface area contributed by atoms with Crippen molar-refractivity contribution >= 4 is 21.5 Å². The van der Waals surface area contributed by atoms with Crippen LogP contribution in [0.25, 0.3) is 0 Å². The molecule has 0 aliphatic carbocycles. The maximum absolute atomic E-state index is 11.8. The van der Waals surface area contributed by atoms with Crippen LogP contribution in [-0.4, -0.2) is 38.1 Å². The SMILES string of the molecule is CC(C)(C)S(=O)(=O)CCOC(=O)COc1cccc(N)c1. The molecule has 0 saturated heterocycles. The summed E-state index contributed by atoms with van der Waals surface area (Å²) in [5, 5.41) is 0. The van der Waals surface area contributed by atoms with Gasteiger partial charge in [0.1, 0.15) is 12.4 Å². The molecular formula is C14H21NO5S. The van der Waals surface area contributed by atoms with Gasteiger partial charge in [-0.3, -0.25) is 0 Å². The zero-order chi connectivity index (χ0) is 16.1. The molecule has 0 aliphatic heterocycles. The topological polar surface area (TPSA) is 95.7 Å². The van der Waals surface area contributed by atoms with E-state index < -0.39 is 20.6 Å². The van der Waals surface area contributed by atoms with Gasteiger partial charge < -0.3 is 15.2 Å². The van der Waals surface area contributed by atoms with Gasteiger partial charge in [-0.15, -0.1) is 0 Å². The first kappa shape index (κ1) is 17.3. The summed E-state index contributed by atoms with van der Waals surface area (Å²) < 4.78 is 32.8. The molecule has 0 atom stereocenters. The highest BCUT2D eigenvalue weighted by atomic mass is 32.2. The molecule has 0 aliphatic rings. The van der Waals surface area contributed by atoms with Crippen LogP contribution in [0.1, 0.15) is 20.8 Å². The summed E-state index contributed by atoms with van der Waals surface area (Å²) in [7, 11) is -3.30. The number of anilines is 1. The Hall–Kier alpha value is -1.76. The van der Waals surface area contributed by atoms with E-state index >= 15 is 0 Å². The second-order valence-corrected chi connectivity index (χ2v) is 8.38. The molecule has 118 valence electrons. The minimum atomic E-state index is -3.30. The van der Waals surface area contributed by atoms with Crippen molar-refractivity contribution in [3.05, 3.63) is 24.3 Å². The molecule has 0 fully saturated rings. The predicted octanol–water partition coefficient (Wildman–Crippen LogP) is 1.40. The lowest BCUT2D eigenvalue weighted by Gasteiger charge is -2.18.